The van der Waals surface area contributed by atoms with Gasteiger partial charge in [0.05, 0.1) is 10.9 Å². The van der Waals surface area contributed by atoms with Gasteiger partial charge in [-0.1, -0.05) is 24.3 Å². The molecule has 0 radical (unpaired) electrons. The Balaban J connectivity index is 1.74. The van der Waals surface area contributed by atoms with Crippen LogP contribution in [0.4, 0.5) is 0 Å². The molecular weight excluding hydrogens is 266 g/mol. The molecule has 3 rings (SSSR count). The molecule has 1 N–H and O–H groups in total. The Morgan fingerprint density at radius 1 is 1.20 bits per heavy atom. The zero-order valence-corrected chi connectivity index (χ0v) is 12.5. The van der Waals surface area contributed by atoms with Crippen LogP contribution in [0.2, 0.25) is 0 Å². The number of aryl methyl sites for hydroxylation is 2. The molecule has 0 saturated carbocycles. The van der Waals surface area contributed by atoms with E-state index in [0.717, 1.165) is 4.88 Å². The van der Waals surface area contributed by atoms with E-state index in [1.807, 2.05) is 17.5 Å². The van der Waals surface area contributed by atoms with Crippen molar-refractivity contribution in [2.45, 2.75) is 38.6 Å². The molecule has 1 atom stereocenters. The fourth-order valence-electron chi connectivity index (χ4n) is 2.78. The third-order valence-electron chi connectivity index (χ3n) is 3.97. The van der Waals surface area contributed by atoms with E-state index in [0.29, 0.717) is 0 Å². The molecule has 1 unspecified atom stereocenters. The second-order valence-corrected chi connectivity index (χ2v) is 6.36. The van der Waals surface area contributed by atoms with E-state index in [9.17, 15) is 4.79 Å². The smallest absolute Gasteiger partial charge is 0.261 e. The van der Waals surface area contributed by atoms with Crippen molar-refractivity contribution in [2.75, 3.05) is 0 Å². The lowest BCUT2D eigenvalue weighted by atomic mass is 9.89. The van der Waals surface area contributed by atoms with Crippen molar-refractivity contribution in [3.05, 3.63) is 57.3 Å². The molecule has 20 heavy (non-hydrogen) atoms. The Morgan fingerprint density at radius 3 is 2.75 bits per heavy atom. The average molecular weight is 285 g/mol. The van der Waals surface area contributed by atoms with Crippen LogP contribution in [0, 0.1) is 0 Å². The minimum absolute atomic E-state index is 0.0187. The van der Waals surface area contributed by atoms with Gasteiger partial charge in [0, 0.05) is 0 Å². The summed E-state index contributed by atoms with van der Waals surface area (Å²) in [6, 6.07) is 10.5. The van der Waals surface area contributed by atoms with Gasteiger partial charge in [-0.05, 0) is 60.7 Å². The Bertz CT molecular complexity index is 603. The Hall–Kier alpha value is -1.61. The molecule has 0 fully saturated rings. The number of amides is 1. The van der Waals surface area contributed by atoms with E-state index < -0.39 is 0 Å². The molecule has 1 aliphatic rings. The lowest BCUT2D eigenvalue weighted by molar-refractivity contribution is 0.0944. The molecule has 1 aromatic heterocycles. The van der Waals surface area contributed by atoms with Gasteiger partial charge >= 0.3 is 0 Å². The van der Waals surface area contributed by atoms with E-state index in [1.165, 1.54) is 53.7 Å². The van der Waals surface area contributed by atoms with Crippen molar-refractivity contribution in [1.29, 1.82) is 0 Å². The normalized spacial score (nSPS) is 15.4. The maximum atomic E-state index is 12.1. The van der Waals surface area contributed by atoms with Crippen LogP contribution in [0.5, 0.6) is 0 Å². The Kier molecular flexibility index (Phi) is 3.88. The van der Waals surface area contributed by atoms with E-state index >= 15 is 0 Å². The van der Waals surface area contributed by atoms with Crippen molar-refractivity contribution in [3.63, 3.8) is 0 Å². The second-order valence-electron chi connectivity index (χ2n) is 5.41. The highest BCUT2D eigenvalue weighted by molar-refractivity contribution is 7.12. The summed E-state index contributed by atoms with van der Waals surface area (Å²) < 4.78 is 0. The molecule has 104 valence electrons. The summed E-state index contributed by atoms with van der Waals surface area (Å²) in [4.78, 5) is 12.9. The van der Waals surface area contributed by atoms with Gasteiger partial charge < -0.3 is 5.32 Å². The predicted octanol–water partition coefficient (Wildman–Crippen LogP) is 4.12. The van der Waals surface area contributed by atoms with Crippen LogP contribution < -0.4 is 5.32 Å². The summed E-state index contributed by atoms with van der Waals surface area (Å²) in [5.41, 5.74) is 4.15. The first-order valence-electron chi connectivity index (χ1n) is 7.20. The van der Waals surface area contributed by atoms with E-state index in [1.54, 1.807) is 0 Å². The number of rotatable bonds is 3. The summed E-state index contributed by atoms with van der Waals surface area (Å²) in [6.45, 7) is 2.05. The quantitative estimate of drug-likeness (QED) is 0.903. The lowest BCUT2D eigenvalue weighted by Crippen LogP contribution is -2.26. The number of hydrogen-bond acceptors (Lipinski definition) is 2. The Labute approximate surface area is 123 Å². The highest BCUT2D eigenvalue weighted by Crippen LogP contribution is 2.25. The van der Waals surface area contributed by atoms with Crippen LogP contribution in [0.15, 0.2) is 35.7 Å². The molecule has 0 bridgehead atoms. The molecule has 0 aliphatic heterocycles. The predicted molar refractivity (Wildman–Crippen MR) is 83.3 cm³/mol. The maximum absolute atomic E-state index is 12.1. The van der Waals surface area contributed by atoms with Gasteiger partial charge in [-0.2, -0.15) is 0 Å². The summed E-state index contributed by atoms with van der Waals surface area (Å²) in [7, 11) is 0. The topological polar surface area (TPSA) is 29.1 Å². The maximum Gasteiger partial charge on any atom is 0.261 e. The van der Waals surface area contributed by atoms with Gasteiger partial charge in [-0.15, -0.1) is 11.3 Å². The van der Waals surface area contributed by atoms with Gasteiger partial charge in [0.15, 0.2) is 0 Å². The zero-order chi connectivity index (χ0) is 13.9. The molecule has 0 spiro atoms. The van der Waals surface area contributed by atoms with Gasteiger partial charge in [0.1, 0.15) is 0 Å². The molecular formula is C17H19NOS. The van der Waals surface area contributed by atoms with E-state index in [4.69, 9.17) is 0 Å². The van der Waals surface area contributed by atoms with E-state index in [2.05, 4.69) is 30.4 Å². The minimum atomic E-state index is 0.0187. The molecule has 1 amide bonds. The third-order valence-corrected chi connectivity index (χ3v) is 4.83. The van der Waals surface area contributed by atoms with Crippen LogP contribution >= 0.6 is 11.3 Å². The second kappa shape index (κ2) is 5.80. The summed E-state index contributed by atoms with van der Waals surface area (Å²) in [6.07, 6.45) is 4.96. The van der Waals surface area contributed by atoms with Gasteiger partial charge in [-0.25, -0.2) is 0 Å². The standard InChI is InChI=1S/C17H19NOS/c1-12(18-17(19)16-7-4-10-20-16)14-9-8-13-5-2-3-6-15(13)11-14/h4,7-12H,2-3,5-6H2,1H3,(H,18,19). The van der Waals surface area contributed by atoms with Crippen molar-refractivity contribution < 1.29 is 4.79 Å². The van der Waals surface area contributed by atoms with Crippen LogP contribution in [0.1, 0.15) is 52.2 Å². The lowest BCUT2D eigenvalue weighted by Gasteiger charge is -2.19. The van der Waals surface area contributed by atoms with Crippen LogP contribution in [0.3, 0.4) is 0 Å². The van der Waals surface area contributed by atoms with Gasteiger partial charge in [0.2, 0.25) is 0 Å². The fourth-order valence-corrected chi connectivity index (χ4v) is 3.41. The molecule has 1 heterocycles. The van der Waals surface area contributed by atoms with Crippen LogP contribution in [0.25, 0.3) is 0 Å². The summed E-state index contributed by atoms with van der Waals surface area (Å²) in [5, 5.41) is 5.01. The number of thiophene rings is 1. The fraction of sp³-hybridized carbons (Fsp3) is 0.353. The molecule has 1 aliphatic carbocycles. The van der Waals surface area contributed by atoms with Crippen LogP contribution in [-0.4, -0.2) is 5.91 Å². The molecule has 0 saturated heterocycles. The summed E-state index contributed by atoms with van der Waals surface area (Å²) in [5.74, 6) is 0.0187. The molecule has 1 aromatic carbocycles. The van der Waals surface area contributed by atoms with Crippen molar-refractivity contribution in [2.24, 2.45) is 0 Å². The average Bonchev–Trinajstić information content (AvgIpc) is 3.01. The van der Waals surface area contributed by atoms with Crippen LogP contribution in [-0.2, 0) is 12.8 Å². The largest absolute Gasteiger partial charge is 0.345 e. The number of benzene rings is 1. The van der Waals surface area contributed by atoms with E-state index in [-0.39, 0.29) is 11.9 Å². The molecule has 2 nitrogen and oxygen atoms in total. The first kappa shape index (κ1) is 13.4. The minimum Gasteiger partial charge on any atom is -0.345 e. The first-order chi connectivity index (χ1) is 9.74. The number of hydrogen-bond donors (Lipinski definition) is 1. The molecule has 2 aromatic rings. The number of carbonyl (C=O) groups excluding carboxylic acids is 1. The third kappa shape index (κ3) is 2.78. The number of nitrogens with one attached hydrogen (secondary N) is 1. The van der Waals surface area contributed by atoms with Crippen molar-refractivity contribution in [1.82, 2.24) is 5.32 Å². The highest BCUT2D eigenvalue weighted by atomic mass is 32.1. The zero-order valence-electron chi connectivity index (χ0n) is 11.7. The van der Waals surface area contributed by atoms with Crippen molar-refractivity contribution >= 4 is 17.2 Å². The van der Waals surface area contributed by atoms with Gasteiger partial charge in [0.25, 0.3) is 5.91 Å². The first-order valence-corrected chi connectivity index (χ1v) is 8.08. The Morgan fingerprint density at radius 2 is 2.00 bits per heavy atom. The number of fused-ring (bicyclic) bond motifs is 1. The van der Waals surface area contributed by atoms with Gasteiger partial charge in [-0.3, -0.25) is 4.79 Å². The monoisotopic (exact) mass is 285 g/mol. The summed E-state index contributed by atoms with van der Waals surface area (Å²) >= 11 is 1.48. The highest BCUT2D eigenvalue weighted by Gasteiger charge is 2.15. The SMILES string of the molecule is CC(NC(=O)c1cccs1)c1ccc2c(c1)CCCC2. The molecule has 3 heteroatoms. The van der Waals surface area contributed by atoms with Crippen molar-refractivity contribution in [3.8, 4) is 0 Å². The number of carbonyl (C=O) groups is 1.